The van der Waals surface area contributed by atoms with Crippen molar-refractivity contribution in [1.29, 1.82) is 0 Å². The van der Waals surface area contributed by atoms with Gasteiger partial charge in [0.25, 0.3) is 0 Å². The van der Waals surface area contributed by atoms with Crippen molar-refractivity contribution >= 4 is 35.6 Å². The van der Waals surface area contributed by atoms with Gasteiger partial charge in [0.15, 0.2) is 5.96 Å². The van der Waals surface area contributed by atoms with Crippen LogP contribution in [0.5, 0.6) is 0 Å². The summed E-state index contributed by atoms with van der Waals surface area (Å²) in [4.78, 5) is 6.88. The number of benzene rings is 2. The third kappa shape index (κ3) is 6.25. The smallest absolute Gasteiger partial charge is 0.191 e. The summed E-state index contributed by atoms with van der Waals surface area (Å²) in [5.41, 5.74) is 4.96. The summed E-state index contributed by atoms with van der Waals surface area (Å²) < 4.78 is 1.87. The van der Waals surface area contributed by atoms with E-state index in [0.29, 0.717) is 0 Å². The summed E-state index contributed by atoms with van der Waals surface area (Å²) >= 11 is 0. The maximum absolute atomic E-state index is 4.40. The SMILES string of the molecule is CN=C(NCCc1ccc(-n2cccn2)cc1)NC(C)c1cccc(N2CCCC2)c1.I. The van der Waals surface area contributed by atoms with Crippen LogP contribution in [-0.4, -0.2) is 42.4 Å². The molecule has 1 aliphatic heterocycles. The summed E-state index contributed by atoms with van der Waals surface area (Å²) in [6.45, 7) is 5.33. The molecule has 6 nitrogen and oxygen atoms in total. The molecule has 0 saturated carbocycles. The van der Waals surface area contributed by atoms with E-state index in [4.69, 9.17) is 0 Å². The van der Waals surface area contributed by atoms with Crippen LogP contribution in [0.1, 0.15) is 36.9 Å². The van der Waals surface area contributed by atoms with E-state index in [9.17, 15) is 0 Å². The number of guanidine groups is 1. The summed E-state index contributed by atoms with van der Waals surface area (Å²) in [6, 6.07) is 19.5. The second kappa shape index (κ2) is 11.9. The van der Waals surface area contributed by atoms with Gasteiger partial charge in [0.05, 0.1) is 11.7 Å². The van der Waals surface area contributed by atoms with E-state index in [1.807, 2.05) is 24.0 Å². The monoisotopic (exact) mass is 544 g/mol. The summed E-state index contributed by atoms with van der Waals surface area (Å²) in [6.07, 6.45) is 7.26. The molecule has 32 heavy (non-hydrogen) atoms. The Bertz CT molecular complexity index is 978. The van der Waals surface area contributed by atoms with Gasteiger partial charge in [0.2, 0.25) is 0 Å². The predicted octanol–water partition coefficient (Wildman–Crippen LogP) is 4.56. The normalized spacial score (nSPS) is 14.7. The number of anilines is 1. The van der Waals surface area contributed by atoms with Crippen molar-refractivity contribution in [2.75, 3.05) is 31.6 Å². The molecule has 0 bridgehead atoms. The predicted molar refractivity (Wildman–Crippen MR) is 143 cm³/mol. The molecule has 1 aromatic heterocycles. The molecule has 4 rings (SSSR count). The van der Waals surface area contributed by atoms with E-state index >= 15 is 0 Å². The van der Waals surface area contributed by atoms with E-state index in [2.05, 4.69) is 81.1 Å². The standard InChI is InChI=1S/C25H32N6.HI/c1-20(22-7-5-8-24(19-22)30-16-3-4-17-30)29-25(26-2)27-15-13-21-9-11-23(12-10-21)31-18-6-14-28-31;/h5-12,14,18-20H,3-4,13,15-17H2,1-2H3,(H2,26,27,29);1H. The highest BCUT2D eigenvalue weighted by Gasteiger charge is 2.14. The molecule has 0 aliphatic carbocycles. The average molecular weight is 544 g/mol. The van der Waals surface area contributed by atoms with Gasteiger partial charge in [-0.15, -0.1) is 24.0 Å². The molecule has 2 aromatic carbocycles. The van der Waals surface area contributed by atoms with Crippen LogP contribution in [0.4, 0.5) is 5.69 Å². The lowest BCUT2D eigenvalue weighted by Crippen LogP contribution is -2.39. The molecule has 170 valence electrons. The minimum Gasteiger partial charge on any atom is -0.372 e. The lowest BCUT2D eigenvalue weighted by Gasteiger charge is -2.22. The van der Waals surface area contributed by atoms with Gasteiger partial charge in [-0.2, -0.15) is 5.10 Å². The Labute approximate surface area is 208 Å². The number of nitrogens with zero attached hydrogens (tertiary/aromatic N) is 4. The number of nitrogens with one attached hydrogen (secondary N) is 2. The summed E-state index contributed by atoms with van der Waals surface area (Å²) in [7, 11) is 1.82. The topological polar surface area (TPSA) is 57.5 Å². The zero-order valence-electron chi connectivity index (χ0n) is 18.9. The van der Waals surface area contributed by atoms with Crippen LogP contribution in [0.25, 0.3) is 5.69 Å². The lowest BCUT2D eigenvalue weighted by molar-refractivity contribution is 0.684. The maximum Gasteiger partial charge on any atom is 0.191 e. The number of hydrogen-bond donors (Lipinski definition) is 2. The molecular weight excluding hydrogens is 511 g/mol. The fraction of sp³-hybridized carbons (Fsp3) is 0.360. The molecule has 1 aliphatic rings. The number of aliphatic imine (C=N–C) groups is 1. The van der Waals surface area contributed by atoms with E-state index in [-0.39, 0.29) is 30.0 Å². The van der Waals surface area contributed by atoms with Gasteiger partial charge < -0.3 is 15.5 Å². The number of halogens is 1. The van der Waals surface area contributed by atoms with Crippen molar-refractivity contribution < 1.29 is 0 Å². The molecule has 2 N–H and O–H groups in total. The van der Waals surface area contributed by atoms with Crippen LogP contribution >= 0.6 is 24.0 Å². The van der Waals surface area contributed by atoms with Crippen LogP contribution in [0.15, 0.2) is 72.0 Å². The maximum atomic E-state index is 4.40. The van der Waals surface area contributed by atoms with Crippen molar-refractivity contribution in [2.24, 2.45) is 4.99 Å². The average Bonchev–Trinajstić information content (AvgIpc) is 3.53. The van der Waals surface area contributed by atoms with Crippen molar-refractivity contribution in [3.8, 4) is 5.69 Å². The second-order valence-corrected chi connectivity index (χ2v) is 8.02. The number of aromatic nitrogens is 2. The van der Waals surface area contributed by atoms with Gasteiger partial charge >= 0.3 is 0 Å². The first-order valence-electron chi connectivity index (χ1n) is 11.1. The minimum atomic E-state index is 0. The fourth-order valence-electron chi connectivity index (χ4n) is 4.01. The van der Waals surface area contributed by atoms with Crippen LogP contribution in [-0.2, 0) is 6.42 Å². The molecule has 0 radical (unpaired) electrons. The molecule has 1 saturated heterocycles. The third-order valence-electron chi connectivity index (χ3n) is 5.83. The highest BCUT2D eigenvalue weighted by molar-refractivity contribution is 14.0. The van der Waals surface area contributed by atoms with Crippen LogP contribution < -0.4 is 15.5 Å². The quantitative estimate of drug-likeness (QED) is 0.260. The Balaban J connectivity index is 0.00000289. The van der Waals surface area contributed by atoms with Gasteiger partial charge in [-0.25, -0.2) is 4.68 Å². The first-order chi connectivity index (χ1) is 15.2. The summed E-state index contributed by atoms with van der Waals surface area (Å²) in [5.74, 6) is 0.826. The highest BCUT2D eigenvalue weighted by Crippen LogP contribution is 2.23. The van der Waals surface area contributed by atoms with E-state index < -0.39 is 0 Å². The summed E-state index contributed by atoms with van der Waals surface area (Å²) in [5, 5.41) is 11.2. The minimum absolute atomic E-state index is 0. The fourth-order valence-corrected chi connectivity index (χ4v) is 4.01. The van der Waals surface area contributed by atoms with Crippen LogP contribution in [0.3, 0.4) is 0 Å². The Morgan fingerprint density at radius 1 is 1.06 bits per heavy atom. The van der Waals surface area contributed by atoms with Crippen LogP contribution in [0.2, 0.25) is 0 Å². The number of rotatable bonds is 7. The van der Waals surface area contributed by atoms with Crippen molar-refractivity contribution in [3.63, 3.8) is 0 Å². The zero-order chi connectivity index (χ0) is 21.5. The van der Waals surface area contributed by atoms with Gasteiger partial charge in [0.1, 0.15) is 0 Å². The molecule has 7 heteroatoms. The third-order valence-corrected chi connectivity index (χ3v) is 5.83. The van der Waals surface area contributed by atoms with Gasteiger partial charge in [0, 0.05) is 44.8 Å². The molecule has 2 heterocycles. The van der Waals surface area contributed by atoms with Crippen LogP contribution in [0, 0.1) is 0 Å². The molecular formula is C25H33IN6. The zero-order valence-corrected chi connectivity index (χ0v) is 21.2. The van der Waals surface area contributed by atoms with Crippen molar-refractivity contribution in [2.45, 2.75) is 32.2 Å². The lowest BCUT2D eigenvalue weighted by atomic mass is 10.1. The van der Waals surface area contributed by atoms with Crippen molar-refractivity contribution in [1.82, 2.24) is 20.4 Å². The molecule has 0 amide bonds. The highest BCUT2D eigenvalue weighted by atomic mass is 127. The van der Waals surface area contributed by atoms with Gasteiger partial charge in [-0.1, -0.05) is 24.3 Å². The van der Waals surface area contributed by atoms with E-state index in [1.54, 1.807) is 6.20 Å². The molecule has 1 atom stereocenters. The first kappa shape index (κ1) is 24.1. The van der Waals surface area contributed by atoms with E-state index in [1.165, 1.54) is 29.7 Å². The largest absolute Gasteiger partial charge is 0.372 e. The van der Waals surface area contributed by atoms with Crippen molar-refractivity contribution in [3.05, 3.63) is 78.1 Å². The number of hydrogen-bond acceptors (Lipinski definition) is 3. The molecule has 1 fully saturated rings. The Hall–Kier alpha value is -2.55. The Kier molecular flexibility index (Phi) is 8.96. The Morgan fingerprint density at radius 3 is 2.53 bits per heavy atom. The molecule has 1 unspecified atom stereocenters. The van der Waals surface area contributed by atoms with Gasteiger partial charge in [-0.05, 0) is 67.6 Å². The first-order valence-corrected chi connectivity index (χ1v) is 11.1. The Morgan fingerprint density at radius 2 is 1.84 bits per heavy atom. The molecule has 3 aromatic rings. The second-order valence-electron chi connectivity index (χ2n) is 8.02. The van der Waals surface area contributed by atoms with E-state index in [0.717, 1.165) is 37.7 Å². The molecule has 0 spiro atoms. The van der Waals surface area contributed by atoms with Gasteiger partial charge in [-0.3, -0.25) is 4.99 Å².